The average molecular weight is 127 g/mol. The Morgan fingerprint density at radius 1 is 1.78 bits per heavy atom. The highest BCUT2D eigenvalue weighted by atomic mass is 16.1. The van der Waals surface area contributed by atoms with Crippen molar-refractivity contribution in [2.24, 2.45) is 5.92 Å². The van der Waals surface area contributed by atoms with Gasteiger partial charge in [0.2, 0.25) is 5.91 Å². The first-order valence-electron chi connectivity index (χ1n) is 3.51. The predicted octanol–water partition coefficient (Wildman–Crippen LogP) is 0.921. The van der Waals surface area contributed by atoms with E-state index >= 15 is 0 Å². The van der Waals surface area contributed by atoms with Crippen molar-refractivity contribution in [3.63, 3.8) is 0 Å². The van der Waals surface area contributed by atoms with Gasteiger partial charge in [-0.2, -0.15) is 0 Å². The van der Waals surface area contributed by atoms with Gasteiger partial charge in [0.25, 0.3) is 0 Å². The van der Waals surface area contributed by atoms with Crippen LogP contribution >= 0.6 is 0 Å². The van der Waals surface area contributed by atoms with Gasteiger partial charge in [0.15, 0.2) is 0 Å². The first kappa shape index (κ1) is 6.59. The third-order valence-electron chi connectivity index (χ3n) is 1.84. The van der Waals surface area contributed by atoms with Gasteiger partial charge in [0.1, 0.15) is 0 Å². The van der Waals surface area contributed by atoms with E-state index in [1.165, 1.54) is 12.8 Å². The van der Waals surface area contributed by atoms with Crippen LogP contribution in [0.3, 0.4) is 0 Å². The van der Waals surface area contributed by atoms with Crippen LogP contribution in [0.4, 0.5) is 0 Å². The normalized spacial score (nSPS) is 31.8. The van der Waals surface area contributed by atoms with E-state index < -0.39 is 0 Å². The maximum absolute atomic E-state index is 10.4. The highest BCUT2D eigenvalue weighted by molar-refractivity contribution is 5.73. The molecule has 0 aliphatic heterocycles. The number of carbonyl (C=O) groups excluding carboxylic acids is 1. The highest BCUT2D eigenvalue weighted by Gasteiger charge is 2.35. The third-order valence-corrected chi connectivity index (χ3v) is 1.84. The fourth-order valence-corrected chi connectivity index (χ4v) is 1.14. The number of hydrogen-bond acceptors (Lipinski definition) is 1. The topological polar surface area (TPSA) is 29.1 Å². The molecule has 0 bridgehead atoms. The second-order valence-corrected chi connectivity index (χ2v) is 2.71. The molecule has 0 aromatic rings. The van der Waals surface area contributed by atoms with Gasteiger partial charge in [0.05, 0.1) is 0 Å². The molecule has 1 unspecified atom stereocenters. The summed E-state index contributed by atoms with van der Waals surface area (Å²) in [6.45, 7) is 3.73. The first-order valence-corrected chi connectivity index (χ1v) is 3.51. The van der Waals surface area contributed by atoms with E-state index in [1.54, 1.807) is 6.92 Å². The standard InChI is InChI=1S/C7H13NO/c1-3-6-4-7(6)8-5(2)9/h6-7H,3-4H2,1-2H3,(H,8,9)/t6-,7?/m1/s1. The molecule has 0 aromatic carbocycles. The lowest BCUT2D eigenvalue weighted by Gasteiger charge is -1.96. The van der Waals surface area contributed by atoms with Crippen LogP contribution in [0.2, 0.25) is 0 Å². The third kappa shape index (κ3) is 1.70. The minimum absolute atomic E-state index is 0.107. The fraction of sp³-hybridized carbons (Fsp3) is 0.857. The minimum Gasteiger partial charge on any atom is -0.353 e. The Kier molecular flexibility index (Phi) is 1.74. The van der Waals surface area contributed by atoms with Crippen molar-refractivity contribution in [1.82, 2.24) is 5.32 Å². The van der Waals surface area contributed by atoms with Crippen molar-refractivity contribution in [2.45, 2.75) is 32.7 Å². The van der Waals surface area contributed by atoms with Crippen molar-refractivity contribution in [3.05, 3.63) is 0 Å². The lowest BCUT2D eigenvalue weighted by atomic mass is 10.3. The Morgan fingerprint density at radius 2 is 2.44 bits per heavy atom. The quantitative estimate of drug-likeness (QED) is 0.587. The summed E-state index contributed by atoms with van der Waals surface area (Å²) >= 11 is 0. The Labute approximate surface area is 55.6 Å². The van der Waals surface area contributed by atoms with Crippen LogP contribution in [0.15, 0.2) is 0 Å². The second kappa shape index (κ2) is 2.38. The van der Waals surface area contributed by atoms with Crippen LogP contribution < -0.4 is 5.32 Å². The van der Waals surface area contributed by atoms with Crippen LogP contribution in [-0.2, 0) is 4.79 Å². The summed E-state index contributed by atoms with van der Waals surface area (Å²) in [5, 5.41) is 2.88. The first-order chi connectivity index (χ1) is 4.24. The van der Waals surface area contributed by atoms with Crippen molar-refractivity contribution < 1.29 is 4.79 Å². The zero-order valence-electron chi connectivity index (χ0n) is 5.98. The summed E-state index contributed by atoms with van der Waals surface area (Å²) in [7, 11) is 0. The summed E-state index contributed by atoms with van der Waals surface area (Å²) in [5.74, 6) is 0.879. The largest absolute Gasteiger partial charge is 0.353 e. The summed E-state index contributed by atoms with van der Waals surface area (Å²) in [6.07, 6.45) is 2.39. The van der Waals surface area contributed by atoms with Gasteiger partial charge in [0, 0.05) is 13.0 Å². The fourth-order valence-electron chi connectivity index (χ4n) is 1.14. The SMILES string of the molecule is CC[C@@H]1CC1NC(C)=O. The summed E-state index contributed by atoms with van der Waals surface area (Å²) < 4.78 is 0. The zero-order valence-corrected chi connectivity index (χ0v) is 5.98. The Hall–Kier alpha value is -0.530. The van der Waals surface area contributed by atoms with Crippen molar-refractivity contribution in [3.8, 4) is 0 Å². The maximum atomic E-state index is 10.4. The molecule has 1 saturated carbocycles. The van der Waals surface area contributed by atoms with Crippen molar-refractivity contribution >= 4 is 5.91 Å². The molecule has 2 heteroatoms. The smallest absolute Gasteiger partial charge is 0.217 e. The summed E-state index contributed by atoms with van der Waals surface area (Å²) in [6, 6.07) is 0.507. The lowest BCUT2D eigenvalue weighted by molar-refractivity contribution is -0.119. The minimum atomic E-state index is 0.107. The van der Waals surface area contributed by atoms with Crippen LogP contribution in [0.25, 0.3) is 0 Å². The molecular weight excluding hydrogens is 114 g/mol. The molecular formula is C7H13NO. The van der Waals surface area contributed by atoms with Gasteiger partial charge in [-0.25, -0.2) is 0 Å². The van der Waals surface area contributed by atoms with Crippen LogP contribution in [0, 0.1) is 5.92 Å². The van der Waals surface area contributed by atoms with Gasteiger partial charge in [-0.15, -0.1) is 0 Å². The second-order valence-electron chi connectivity index (χ2n) is 2.71. The Morgan fingerprint density at radius 3 is 2.78 bits per heavy atom. The Balaban J connectivity index is 2.12. The molecule has 52 valence electrons. The number of hydrogen-bond donors (Lipinski definition) is 1. The van der Waals surface area contributed by atoms with Gasteiger partial charge in [-0.1, -0.05) is 13.3 Å². The van der Waals surface area contributed by atoms with E-state index in [-0.39, 0.29) is 5.91 Å². The molecule has 0 aromatic heterocycles. The van der Waals surface area contributed by atoms with Crippen LogP contribution in [0.1, 0.15) is 26.7 Å². The highest BCUT2D eigenvalue weighted by Crippen LogP contribution is 2.32. The van der Waals surface area contributed by atoms with Crippen LogP contribution in [0.5, 0.6) is 0 Å². The summed E-state index contributed by atoms with van der Waals surface area (Å²) in [5.41, 5.74) is 0. The molecule has 2 atom stereocenters. The van der Waals surface area contributed by atoms with E-state index in [1.807, 2.05) is 0 Å². The number of carbonyl (C=O) groups is 1. The number of rotatable bonds is 2. The molecule has 1 rings (SSSR count). The van der Waals surface area contributed by atoms with Gasteiger partial charge in [-0.05, 0) is 12.3 Å². The molecule has 0 spiro atoms. The summed E-state index contributed by atoms with van der Waals surface area (Å²) in [4.78, 5) is 10.4. The number of nitrogens with one attached hydrogen (secondary N) is 1. The van der Waals surface area contributed by atoms with E-state index in [0.29, 0.717) is 6.04 Å². The monoisotopic (exact) mass is 127 g/mol. The molecule has 0 saturated heterocycles. The molecule has 0 radical (unpaired) electrons. The van der Waals surface area contributed by atoms with Crippen LogP contribution in [-0.4, -0.2) is 11.9 Å². The molecule has 9 heavy (non-hydrogen) atoms. The number of amides is 1. The van der Waals surface area contributed by atoms with E-state index in [0.717, 1.165) is 5.92 Å². The van der Waals surface area contributed by atoms with Crippen molar-refractivity contribution in [1.29, 1.82) is 0 Å². The zero-order chi connectivity index (χ0) is 6.85. The maximum Gasteiger partial charge on any atom is 0.217 e. The predicted molar refractivity (Wildman–Crippen MR) is 36.0 cm³/mol. The van der Waals surface area contributed by atoms with E-state index in [9.17, 15) is 4.79 Å². The molecule has 1 N–H and O–H groups in total. The Bertz CT molecular complexity index is 122. The molecule has 1 aliphatic carbocycles. The van der Waals surface area contributed by atoms with E-state index in [4.69, 9.17) is 0 Å². The molecule has 1 fully saturated rings. The van der Waals surface area contributed by atoms with Gasteiger partial charge in [-0.3, -0.25) is 4.79 Å². The lowest BCUT2D eigenvalue weighted by Crippen LogP contribution is -2.23. The van der Waals surface area contributed by atoms with Crippen molar-refractivity contribution in [2.75, 3.05) is 0 Å². The molecule has 2 nitrogen and oxygen atoms in total. The molecule has 1 aliphatic rings. The molecule has 1 amide bonds. The van der Waals surface area contributed by atoms with Gasteiger partial charge >= 0.3 is 0 Å². The average Bonchev–Trinajstić information content (AvgIpc) is 2.45. The van der Waals surface area contributed by atoms with Gasteiger partial charge < -0.3 is 5.32 Å². The van der Waals surface area contributed by atoms with E-state index in [2.05, 4.69) is 12.2 Å². The molecule has 0 heterocycles.